The lowest BCUT2D eigenvalue weighted by molar-refractivity contribution is -0.127. The number of nitrogens with one attached hydrogen (secondary N) is 1. The van der Waals surface area contributed by atoms with Crippen molar-refractivity contribution in [1.29, 1.82) is 0 Å². The SMILES string of the molecule is O=C(CN1C(=O)S/C(=C\c2cc(Cl)c(OCc3ccc(Cl)c(Cl)c3)c(Cl)c2)C1=O)Nc1ccccc1. The maximum Gasteiger partial charge on any atom is 0.294 e. The van der Waals surface area contributed by atoms with Crippen molar-refractivity contribution in [3.8, 4) is 5.75 Å². The zero-order valence-electron chi connectivity index (χ0n) is 18.3. The highest BCUT2D eigenvalue weighted by Gasteiger charge is 2.36. The Balaban J connectivity index is 1.44. The molecule has 3 aromatic carbocycles. The molecule has 0 radical (unpaired) electrons. The Hall–Kier alpha value is -2.68. The molecular formula is C25H16Cl4N2O4S. The normalized spacial score (nSPS) is 14.4. The monoisotopic (exact) mass is 580 g/mol. The molecule has 0 bridgehead atoms. The number of nitrogens with zero attached hydrogens (tertiary/aromatic N) is 1. The first-order valence-corrected chi connectivity index (χ1v) is 12.7. The first kappa shape index (κ1) is 26.4. The number of carbonyl (C=O) groups is 3. The number of hydrogen-bond donors (Lipinski definition) is 1. The lowest BCUT2D eigenvalue weighted by atomic mass is 10.2. The van der Waals surface area contributed by atoms with Gasteiger partial charge in [-0.05, 0) is 65.4 Å². The zero-order valence-corrected chi connectivity index (χ0v) is 22.1. The minimum Gasteiger partial charge on any atom is -0.486 e. The van der Waals surface area contributed by atoms with Gasteiger partial charge in [-0.1, -0.05) is 70.7 Å². The molecule has 1 N–H and O–H groups in total. The number of ether oxygens (including phenoxy) is 1. The number of amides is 3. The Morgan fingerprint density at radius 2 is 1.61 bits per heavy atom. The van der Waals surface area contributed by atoms with Gasteiger partial charge in [0.1, 0.15) is 13.2 Å². The van der Waals surface area contributed by atoms with Crippen molar-refractivity contribution in [3.63, 3.8) is 0 Å². The van der Waals surface area contributed by atoms with E-state index in [0.29, 0.717) is 21.3 Å². The number of carbonyl (C=O) groups excluding carboxylic acids is 3. The van der Waals surface area contributed by atoms with Crippen LogP contribution in [0.15, 0.2) is 65.6 Å². The fourth-order valence-corrected chi connectivity index (χ4v) is 5.01. The summed E-state index contributed by atoms with van der Waals surface area (Å²) in [6.45, 7) is -0.250. The molecule has 4 rings (SSSR count). The third kappa shape index (κ3) is 6.35. The minimum atomic E-state index is -0.583. The van der Waals surface area contributed by atoms with Crippen molar-refractivity contribution < 1.29 is 19.1 Å². The van der Waals surface area contributed by atoms with Crippen LogP contribution in [0.2, 0.25) is 20.1 Å². The Labute approximate surface area is 231 Å². The van der Waals surface area contributed by atoms with Crippen LogP contribution >= 0.6 is 58.2 Å². The van der Waals surface area contributed by atoms with E-state index in [1.807, 2.05) is 6.07 Å². The highest BCUT2D eigenvalue weighted by atomic mass is 35.5. The number of para-hydroxylation sites is 1. The van der Waals surface area contributed by atoms with Crippen molar-refractivity contribution in [1.82, 2.24) is 4.90 Å². The molecule has 6 nitrogen and oxygen atoms in total. The molecular weight excluding hydrogens is 566 g/mol. The number of thioether (sulfide) groups is 1. The van der Waals surface area contributed by atoms with E-state index in [2.05, 4.69) is 5.32 Å². The highest BCUT2D eigenvalue weighted by Crippen LogP contribution is 2.38. The van der Waals surface area contributed by atoms with Crippen molar-refractivity contribution >= 4 is 87.0 Å². The number of benzene rings is 3. The van der Waals surface area contributed by atoms with Gasteiger partial charge in [0.15, 0.2) is 5.75 Å². The van der Waals surface area contributed by atoms with E-state index in [9.17, 15) is 14.4 Å². The molecule has 0 saturated carbocycles. The number of hydrogen-bond acceptors (Lipinski definition) is 5. The van der Waals surface area contributed by atoms with Gasteiger partial charge in [0.2, 0.25) is 5.91 Å². The topological polar surface area (TPSA) is 75.7 Å². The van der Waals surface area contributed by atoms with E-state index >= 15 is 0 Å². The van der Waals surface area contributed by atoms with Crippen molar-refractivity contribution in [2.24, 2.45) is 0 Å². The molecule has 0 atom stereocenters. The number of anilines is 1. The van der Waals surface area contributed by atoms with Crippen molar-refractivity contribution in [3.05, 3.63) is 96.8 Å². The molecule has 1 fully saturated rings. The number of rotatable bonds is 7. The summed E-state index contributed by atoms with van der Waals surface area (Å²) in [7, 11) is 0. The number of imide groups is 1. The fraction of sp³-hybridized carbons (Fsp3) is 0.0800. The molecule has 1 aliphatic rings. The third-order valence-corrected chi connectivity index (χ3v) is 7.13. The second kappa shape index (κ2) is 11.6. The molecule has 0 unspecified atom stereocenters. The molecule has 1 aliphatic heterocycles. The van der Waals surface area contributed by atoms with Gasteiger partial charge in [-0.15, -0.1) is 0 Å². The van der Waals surface area contributed by atoms with E-state index in [0.717, 1.165) is 22.2 Å². The summed E-state index contributed by atoms with van der Waals surface area (Å²) >= 11 is 25.4. The van der Waals surface area contributed by atoms with Crippen LogP contribution in [0.25, 0.3) is 6.08 Å². The quantitative estimate of drug-likeness (QED) is 0.291. The van der Waals surface area contributed by atoms with E-state index in [1.165, 1.54) is 6.08 Å². The van der Waals surface area contributed by atoms with Gasteiger partial charge in [0, 0.05) is 5.69 Å². The van der Waals surface area contributed by atoms with Gasteiger partial charge in [-0.3, -0.25) is 19.3 Å². The van der Waals surface area contributed by atoms with Crippen molar-refractivity contribution in [2.75, 3.05) is 11.9 Å². The number of halogens is 4. The average Bonchev–Trinajstić information content (AvgIpc) is 3.08. The summed E-state index contributed by atoms with van der Waals surface area (Å²) in [6.07, 6.45) is 1.49. The van der Waals surface area contributed by atoms with Gasteiger partial charge in [0.05, 0.1) is 25.0 Å². The Morgan fingerprint density at radius 1 is 0.917 bits per heavy atom. The first-order valence-electron chi connectivity index (χ1n) is 10.4. The second-order valence-corrected chi connectivity index (χ2v) is 10.2. The van der Waals surface area contributed by atoms with Crippen LogP contribution in [0, 0.1) is 0 Å². The van der Waals surface area contributed by atoms with Gasteiger partial charge in [-0.25, -0.2) is 0 Å². The molecule has 0 aromatic heterocycles. The largest absolute Gasteiger partial charge is 0.486 e. The van der Waals surface area contributed by atoms with Crippen LogP contribution < -0.4 is 10.1 Å². The summed E-state index contributed by atoms with van der Waals surface area (Å²) in [5.74, 6) is -0.813. The lowest BCUT2D eigenvalue weighted by Crippen LogP contribution is -2.36. The zero-order chi connectivity index (χ0) is 25.8. The Kier molecular flexibility index (Phi) is 8.49. The Bertz CT molecular complexity index is 1360. The molecule has 36 heavy (non-hydrogen) atoms. The van der Waals surface area contributed by atoms with Crippen LogP contribution in [0.4, 0.5) is 10.5 Å². The lowest BCUT2D eigenvalue weighted by Gasteiger charge is -2.12. The van der Waals surface area contributed by atoms with Crippen LogP contribution in [0.1, 0.15) is 11.1 Å². The van der Waals surface area contributed by atoms with Gasteiger partial charge < -0.3 is 10.1 Å². The minimum absolute atomic E-state index is 0.143. The highest BCUT2D eigenvalue weighted by molar-refractivity contribution is 8.18. The molecule has 0 aliphatic carbocycles. The summed E-state index contributed by atoms with van der Waals surface area (Å²) in [6, 6.07) is 17.0. The molecule has 11 heteroatoms. The standard InChI is InChI=1S/C25H16Cl4N2O4S/c26-17-7-6-14(8-18(17)27)13-35-23-19(28)9-15(10-20(23)29)11-21-24(33)31(25(34)36-21)12-22(32)30-16-4-2-1-3-5-16/h1-11H,12-13H2,(H,30,32)/b21-11-. The van der Waals surface area contributed by atoms with Gasteiger partial charge >= 0.3 is 0 Å². The smallest absolute Gasteiger partial charge is 0.294 e. The van der Waals surface area contributed by atoms with Gasteiger partial charge in [-0.2, -0.15) is 0 Å². The van der Waals surface area contributed by atoms with Gasteiger partial charge in [0.25, 0.3) is 11.1 Å². The van der Waals surface area contributed by atoms with Crippen LogP contribution in [0.5, 0.6) is 5.75 Å². The molecule has 3 aromatic rings. The van der Waals surface area contributed by atoms with Crippen LogP contribution in [-0.2, 0) is 16.2 Å². The molecule has 1 saturated heterocycles. The predicted octanol–water partition coefficient (Wildman–Crippen LogP) is 7.55. The van der Waals surface area contributed by atoms with Crippen LogP contribution in [0.3, 0.4) is 0 Å². The Morgan fingerprint density at radius 3 is 2.28 bits per heavy atom. The molecule has 0 spiro atoms. The molecule has 184 valence electrons. The molecule has 3 amide bonds. The fourth-order valence-electron chi connectivity index (χ4n) is 3.24. The maximum absolute atomic E-state index is 12.8. The maximum atomic E-state index is 12.8. The van der Waals surface area contributed by atoms with Crippen LogP contribution in [-0.4, -0.2) is 28.5 Å². The summed E-state index contributed by atoms with van der Waals surface area (Å²) < 4.78 is 5.76. The third-order valence-electron chi connectivity index (χ3n) is 4.92. The summed E-state index contributed by atoms with van der Waals surface area (Å²) in [5.41, 5.74) is 1.83. The van der Waals surface area contributed by atoms with E-state index in [4.69, 9.17) is 51.1 Å². The average molecular weight is 582 g/mol. The summed E-state index contributed by atoms with van der Waals surface area (Å²) in [5, 5.41) is 3.37. The van der Waals surface area contributed by atoms with E-state index < -0.39 is 23.6 Å². The predicted molar refractivity (Wildman–Crippen MR) is 145 cm³/mol. The molecule has 1 heterocycles. The van der Waals surface area contributed by atoms with E-state index in [-0.39, 0.29) is 27.3 Å². The van der Waals surface area contributed by atoms with Crippen molar-refractivity contribution in [2.45, 2.75) is 6.61 Å². The van der Waals surface area contributed by atoms with E-state index in [1.54, 1.807) is 54.6 Å². The second-order valence-electron chi connectivity index (χ2n) is 7.53. The summed E-state index contributed by atoms with van der Waals surface area (Å²) in [4.78, 5) is 38.5. The first-order chi connectivity index (χ1) is 17.2.